The van der Waals surface area contributed by atoms with Crippen LogP contribution in [0, 0.1) is 13.8 Å². The Morgan fingerprint density at radius 2 is 2.04 bits per heavy atom. The van der Waals surface area contributed by atoms with Crippen molar-refractivity contribution in [3.8, 4) is 5.75 Å². The molecule has 2 heterocycles. The summed E-state index contributed by atoms with van der Waals surface area (Å²) in [7, 11) is 0. The van der Waals surface area contributed by atoms with Crippen LogP contribution in [0.3, 0.4) is 0 Å². The van der Waals surface area contributed by atoms with Gasteiger partial charge in [-0.2, -0.15) is 0 Å². The van der Waals surface area contributed by atoms with Gasteiger partial charge in [0.2, 0.25) is 5.91 Å². The number of fused-ring (bicyclic) bond motifs is 1. The lowest BCUT2D eigenvalue weighted by molar-refractivity contribution is -0.120. The fourth-order valence-electron chi connectivity index (χ4n) is 3.20. The van der Waals surface area contributed by atoms with Gasteiger partial charge < -0.3 is 25.7 Å². The van der Waals surface area contributed by atoms with E-state index in [1.54, 1.807) is 25.3 Å². The fourth-order valence-corrected chi connectivity index (χ4v) is 3.96. The summed E-state index contributed by atoms with van der Waals surface area (Å²) in [6, 6.07) is 3.26. The maximum atomic E-state index is 12.0. The number of furan rings is 1. The smallest absolute Gasteiger partial charge is 0.252 e. The van der Waals surface area contributed by atoms with E-state index in [0.29, 0.717) is 22.5 Å². The van der Waals surface area contributed by atoms with Crippen LogP contribution in [0.5, 0.6) is 5.75 Å². The van der Waals surface area contributed by atoms with Gasteiger partial charge in [0.25, 0.3) is 5.91 Å². The zero-order chi connectivity index (χ0) is 20.6. The highest BCUT2D eigenvalue weighted by Crippen LogP contribution is 2.40. The first-order valence-corrected chi connectivity index (χ1v) is 9.41. The number of amides is 2. The normalized spacial score (nSPS) is 13.4. The van der Waals surface area contributed by atoms with E-state index in [2.05, 4.69) is 4.98 Å². The zero-order valence-electron chi connectivity index (χ0n) is 15.7. The van der Waals surface area contributed by atoms with Crippen LogP contribution in [0.1, 0.15) is 50.5 Å². The standard InChI is InChI=1S/C19H21N3O5S/c1-8(14-6-22-10(3)28-14)26-12-4-5-13-17(15(19(21)25)9(2)27-13)16(12)11(7-23)18(20)24/h4-6,8,11,23H,7H2,1-3H3,(H2,20,24)(H2,21,25)/t8?,11-/m1/s1. The number of rotatable bonds is 7. The highest BCUT2D eigenvalue weighted by molar-refractivity contribution is 7.11. The van der Waals surface area contributed by atoms with E-state index in [4.69, 9.17) is 20.6 Å². The molecular weight excluding hydrogens is 382 g/mol. The van der Waals surface area contributed by atoms with Crippen molar-refractivity contribution in [1.29, 1.82) is 0 Å². The molecule has 0 saturated heterocycles. The molecule has 5 N–H and O–H groups in total. The highest BCUT2D eigenvalue weighted by Gasteiger charge is 2.30. The summed E-state index contributed by atoms with van der Waals surface area (Å²) in [5.74, 6) is -1.93. The number of hydrogen-bond acceptors (Lipinski definition) is 7. The third-order valence-electron chi connectivity index (χ3n) is 4.50. The molecule has 0 aliphatic rings. The SMILES string of the molecule is Cc1ncc(C(C)Oc2ccc3oc(C)c(C(N)=O)c3c2[C@@H](CO)C(N)=O)s1. The van der Waals surface area contributed by atoms with Gasteiger partial charge in [0.15, 0.2) is 0 Å². The number of aliphatic hydroxyl groups is 1. The van der Waals surface area contributed by atoms with Gasteiger partial charge in [0.05, 0.1) is 28.0 Å². The van der Waals surface area contributed by atoms with E-state index in [-0.39, 0.29) is 17.2 Å². The van der Waals surface area contributed by atoms with E-state index in [1.807, 2.05) is 13.8 Å². The summed E-state index contributed by atoms with van der Waals surface area (Å²) in [5.41, 5.74) is 11.8. The van der Waals surface area contributed by atoms with E-state index < -0.39 is 24.3 Å². The molecule has 1 aromatic carbocycles. The molecule has 9 heteroatoms. The molecule has 1 unspecified atom stereocenters. The van der Waals surface area contributed by atoms with E-state index in [0.717, 1.165) is 9.88 Å². The lowest BCUT2D eigenvalue weighted by Gasteiger charge is -2.20. The summed E-state index contributed by atoms with van der Waals surface area (Å²) in [5, 5.41) is 11.0. The van der Waals surface area contributed by atoms with Crippen LogP contribution < -0.4 is 16.2 Å². The lowest BCUT2D eigenvalue weighted by Crippen LogP contribution is -2.25. The van der Waals surface area contributed by atoms with Gasteiger partial charge in [0, 0.05) is 17.1 Å². The molecule has 28 heavy (non-hydrogen) atoms. The quantitative estimate of drug-likeness (QED) is 0.552. The van der Waals surface area contributed by atoms with Gasteiger partial charge >= 0.3 is 0 Å². The van der Waals surface area contributed by atoms with Gasteiger partial charge in [-0.05, 0) is 32.9 Å². The molecule has 2 aromatic heterocycles. The van der Waals surface area contributed by atoms with Crippen LogP contribution in [0.25, 0.3) is 11.0 Å². The summed E-state index contributed by atoms with van der Waals surface area (Å²) in [6.07, 6.45) is 1.34. The number of carbonyl (C=O) groups excluding carboxylic acids is 2. The maximum absolute atomic E-state index is 12.0. The van der Waals surface area contributed by atoms with E-state index >= 15 is 0 Å². The molecule has 0 aliphatic heterocycles. The van der Waals surface area contributed by atoms with Crippen molar-refractivity contribution in [3.05, 3.63) is 45.1 Å². The molecular formula is C19H21N3O5S. The maximum Gasteiger partial charge on any atom is 0.252 e. The minimum Gasteiger partial charge on any atom is -0.485 e. The van der Waals surface area contributed by atoms with Crippen molar-refractivity contribution in [2.45, 2.75) is 32.8 Å². The number of aryl methyl sites for hydroxylation is 2. The molecule has 0 aliphatic carbocycles. The first kappa shape index (κ1) is 19.8. The predicted molar refractivity (Wildman–Crippen MR) is 104 cm³/mol. The van der Waals surface area contributed by atoms with Crippen molar-refractivity contribution in [3.63, 3.8) is 0 Å². The molecule has 0 radical (unpaired) electrons. The van der Waals surface area contributed by atoms with Crippen LogP contribution >= 0.6 is 11.3 Å². The van der Waals surface area contributed by atoms with Crippen molar-refractivity contribution >= 4 is 34.1 Å². The van der Waals surface area contributed by atoms with Crippen LogP contribution in [0.4, 0.5) is 0 Å². The Bertz CT molecular complexity index is 1060. The Kier molecular flexibility index (Phi) is 5.39. The van der Waals surface area contributed by atoms with Crippen LogP contribution in [0.2, 0.25) is 0 Å². The van der Waals surface area contributed by atoms with Crippen molar-refractivity contribution in [1.82, 2.24) is 4.98 Å². The monoisotopic (exact) mass is 403 g/mol. The molecule has 148 valence electrons. The number of carbonyl (C=O) groups is 2. The van der Waals surface area contributed by atoms with Crippen molar-refractivity contribution in [2.24, 2.45) is 11.5 Å². The molecule has 0 spiro atoms. The topological polar surface area (TPSA) is 142 Å². The number of thiazole rings is 1. The summed E-state index contributed by atoms with van der Waals surface area (Å²) < 4.78 is 11.7. The molecule has 3 aromatic rings. The Labute approximate surface area is 165 Å². The Morgan fingerprint density at radius 1 is 1.32 bits per heavy atom. The zero-order valence-corrected chi connectivity index (χ0v) is 16.5. The Hall–Kier alpha value is -2.91. The molecule has 0 bridgehead atoms. The number of nitrogens with zero attached hydrogens (tertiary/aromatic N) is 1. The highest BCUT2D eigenvalue weighted by atomic mass is 32.1. The van der Waals surface area contributed by atoms with Gasteiger partial charge in [-0.15, -0.1) is 11.3 Å². The second kappa shape index (κ2) is 7.61. The third kappa shape index (κ3) is 3.46. The summed E-state index contributed by atoms with van der Waals surface area (Å²) in [4.78, 5) is 29.2. The van der Waals surface area contributed by atoms with Gasteiger partial charge in [0.1, 0.15) is 23.2 Å². The molecule has 3 rings (SSSR count). The van der Waals surface area contributed by atoms with Crippen LogP contribution in [0.15, 0.2) is 22.7 Å². The van der Waals surface area contributed by atoms with E-state index in [1.165, 1.54) is 11.3 Å². The molecule has 0 saturated carbocycles. The molecule has 2 atom stereocenters. The number of benzene rings is 1. The first-order chi connectivity index (χ1) is 13.2. The second-order valence-electron chi connectivity index (χ2n) is 6.43. The predicted octanol–water partition coefficient (Wildman–Crippen LogP) is 2.31. The fraction of sp³-hybridized carbons (Fsp3) is 0.316. The number of aliphatic hydroxyl groups excluding tert-OH is 1. The van der Waals surface area contributed by atoms with Crippen molar-refractivity contribution in [2.75, 3.05) is 6.61 Å². The number of primary amides is 2. The Morgan fingerprint density at radius 3 is 2.57 bits per heavy atom. The first-order valence-electron chi connectivity index (χ1n) is 8.59. The van der Waals surface area contributed by atoms with Gasteiger partial charge in [-0.25, -0.2) is 4.98 Å². The average Bonchev–Trinajstić information content (AvgIpc) is 3.19. The lowest BCUT2D eigenvalue weighted by atomic mass is 9.92. The third-order valence-corrected chi connectivity index (χ3v) is 5.57. The van der Waals surface area contributed by atoms with Crippen LogP contribution in [-0.2, 0) is 4.79 Å². The molecule has 0 fully saturated rings. The van der Waals surface area contributed by atoms with Crippen molar-refractivity contribution < 1.29 is 23.8 Å². The minimum atomic E-state index is -1.09. The molecule has 8 nitrogen and oxygen atoms in total. The second-order valence-corrected chi connectivity index (χ2v) is 7.69. The van der Waals surface area contributed by atoms with Gasteiger partial charge in [-0.1, -0.05) is 0 Å². The summed E-state index contributed by atoms with van der Waals surface area (Å²) in [6.45, 7) is 4.78. The number of nitrogens with two attached hydrogens (primary N) is 2. The van der Waals surface area contributed by atoms with Gasteiger partial charge in [-0.3, -0.25) is 9.59 Å². The number of aromatic nitrogens is 1. The summed E-state index contributed by atoms with van der Waals surface area (Å²) >= 11 is 1.49. The number of ether oxygens (including phenoxy) is 1. The largest absolute Gasteiger partial charge is 0.485 e. The average molecular weight is 403 g/mol. The Balaban J connectivity index is 2.22. The number of hydrogen-bond donors (Lipinski definition) is 3. The van der Waals surface area contributed by atoms with E-state index in [9.17, 15) is 14.7 Å². The van der Waals surface area contributed by atoms with Crippen LogP contribution in [-0.4, -0.2) is 28.5 Å². The minimum absolute atomic E-state index is 0.136. The molecule has 2 amide bonds.